The van der Waals surface area contributed by atoms with E-state index < -0.39 is 11.8 Å². The lowest BCUT2D eigenvalue weighted by Gasteiger charge is -2.26. The number of ether oxygens (including phenoxy) is 2. The van der Waals surface area contributed by atoms with Crippen molar-refractivity contribution in [1.82, 2.24) is 25.5 Å². The van der Waals surface area contributed by atoms with Crippen molar-refractivity contribution in [2.24, 2.45) is 0 Å². The summed E-state index contributed by atoms with van der Waals surface area (Å²) in [5, 5.41) is 5.55. The van der Waals surface area contributed by atoms with Crippen molar-refractivity contribution in [1.29, 1.82) is 0 Å². The van der Waals surface area contributed by atoms with E-state index >= 15 is 0 Å². The topological polar surface area (TPSA) is 123 Å². The molecule has 2 aromatic carbocycles. The van der Waals surface area contributed by atoms with Crippen LogP contribution in [0.25, 0.3) is 0 Å². The summed E-state index contributed by atoms with van der Waals surface area (Å²) in [5.74, 6) is -0.198. The van der Waals surface area contributed by atoms with Crippen LogP contribution in [0, 0.1) is 0 Å². The first-order valence-corrected chi connectivity index (χ1v) is 11.5. The first-order valence-electron chi connectivity index (χ1n) is 11.5. The molecule has 10 heteroatoms. The van der Waals surface area contributed by atoms with Crippen molar-refractivity contribution >= 4 is 17.7 Å². The Morgan fingerprint density at radius 1 is 0.889 bits per heavy atom. The van der Waals surface area contributed by atoms with Gasteiger partial charge in [-0.3, -0.25) is 14.4 Å². The summed E-state index contributed by atoms with van der Waals surface area (Å²) in [6, 6.07) is 15.8. The third kappa shape index (κ3) is 6.42. The van der Waals surface area contributed by atoms with Crippen LogP contribution in [0.5, 0.6) is 5.75 Å². The summed E-state index contributed by atoms with van der Waals surface area (Å²) < 4.78 is 10.5. The SMILES string of the molecule is COc1cccc(CNC(=O)c2cc(C(=O)NCc3ccc(C(=O)N4CCOCC4)cc3)ncn2)c1. The Labute approximate surface area is 208 Å². The molecule has 1 saturated heterocycles. The average Bonchev–Trinajstić information content (AvgIpc) is 2.95. The highest BCUT2D eigenvalue weighted by molar-refractivity contribution is 5.97. The fourth-order valence-corrected chi connectivity index (χ4v) is 3.65. The van der Waals surface area contributed by atoms with Crippen LogP contribution in [0.3, 0.4) is 0 Å². The molecule has 1 aliphatic heterocycles. The summed E-state index contributed by atoms with van der Waals surface area (Å²) >= 11 is 0. The molecular weight excluding hydrogens is 462 g/mol. The predicted octanol–water partition coefficient (Wildman–Crippen LogP) is 1.82. The Balaban J connectivity index is 1.30. The third-order valence-corrected chi connectivity index (χ3v) is 5.67. The second-order valence-corrected chi connectivity index (χ2v) is 8.11. The molecule has 186 valence electrons. The molecule has 0 atom stereocenters. The number of nitrogens with zero attached hydrogens (tertiary/aromatic N) is 3. The van der Waals surface area contributed by atoms with E-state index in [1.54, 1.807) is 36.3 Å². The normalized spacial score (nSPS) is 13.1. The van der Waals surface area contributed by atoms with E-state index in [1.807, 2.05) is 24.3 Å². The summed E-state index contributed by atoms with van der Waals surface area (Å²) in [4.78, 5) is 47.4. The maximum Gasteiger partial charge on any atom is 0.270 e. The Kier molecular flexibility index (Phi) is 8.20. The van der Waals surface area contributed by atoms with E-state index in [0.29, 0.717) is 37.6 Å². The van der Waals surface area contributed by atoms with Crippen molar-refractivity contribution in [2.75, 3.05) is 33.4 Å². The van der Waals surface area contributed by atoms with Crippen molar-refractivity contribution in [2.45, 2.75) is 13.1 Å². The van der Waals surface area contributed by atoms with Gasteiger partial charge in [-0.05, 0) is 35.4 Å². The van der Waals surface area contributed by atoms with Gasteiger partial charge < -0.3 is 25.0 Å². The van der Waals surface area contributed by atoms with Gasteiger partial charge in [-0.15, -0.1) is 0 Å². The highest BCUT2D eigenvalue weighted by atomic mass is 16.5. The van der Waals surface area contributed by atoms with Gasteiger partial charge in [0.05, 0.1) is 20.3 Å². The lowest BCUT2D eigenvalue weighted by molar-refractivity contribution is 0.0303. The lowest BCUT2D eigenvalue weighted by atomic mass is 10.1. The minimum atomic E-state index is -0.437. The number of amides is 3. The number of hydrogen-bond donors (Lipinski definition) is 2. The Morgan fingerprint density at radius 3 is 2.17 bits per heavy atom. The fourth-order valence-electron chi connectivity index (χ4n) is 3.65. The van der Waals surface area contributed by atoms with Crippen LogP contribution in [0.15, 0.2) is 60.9 Å². The molecule has 2 N–H and O–H groups in total. The Hall–Kier alpha value is -4.31. The molecule has 3 amide bonds. The molecule has 3 aromatic rings. The second kappa shape index (κ2) is 11.9. The minimum Gasteiger partial charge on any atom is -0.497 e. The van der Waals surface area contributed by atoms with Crippen LogP contribution in [0.4, 0.5) is 0 Å². The minimum absolute atomic E-state index is 0.0351. The molecule has 0 spiro atoms. The molecule has 0 radical (unpaired) electrons. The molecule has 0 bridgehead atoms. The molecule has 1 fully saturated rings. The average molecular weight is 490 g/mol. The number of nitrogens with one attached hydrogen (secondary N) is 2. The fraction of sp³-hybridized carbons (Fsp3) is 0.269. The number of carbonyl (C=O) groups is 3. The highest BCUT2D eigenvalue weighted by Crippen LogP contribution is 2.13. The lowest BCUT2D eigenvalue weighted by Crippen LogP contribution is -2.40. The quantitative estimate of drug-likeness (QED) is 0.495. The molecular formula is C26H27N5O5. The van der Waals surface area contributed by atoms with Gasteiger partial charge in [0.25, 0.3) is 17.7 Å². The molecule has 1 aliphatic rings. The number of methoxy groups -OCH3 is 1. The maximum absolute atomic E-state index is 12.6. The zero-order valence-corrected chi connectivity index (χ0v) is 19.9. The van der Waals surface area contributed by atoms with Crippen LogP contribution in [-0.2, 0) is 17.8 Å². The number of carbonyl (C=O) groups excluding carboxylic acids is 3. The number of aromatic nitrogens is 2. The van der Waals surface area contributed by atoms with Gasteiger partial charge in [-0.1, -0.05) is 24.3 Å². The summed E-state index contributed by atoms with van der Waals surface area (Å²) in [6.45, 7) is 2.78. The van der Waals surface area contributed by atoms with Crippen LogP contribution in [-0.4, -0.2) is 66.0 Å². The molecule has 2 heterocycles. The number of benzene rings is 2. The molecule has 0 saturated carbocycles. The molecule has 1 aromatic heterocycles. The number of rotatable bonds is 8. The van der Waals surface area contributed by atoms with Crippen molar-refractivity contribution in [3.8, 4) is 5.75 Å². The van der Waals surface area contributed by atoms with Gasteiger partial charge in [0.1, 0.15) is 23.5 Å². The van der Waals surface area contributed by atoms with E-state index in [0.717, 1.165) is 11.1 Å². The summed E-state index contributed by atoms with van der Waals surface area (Å²) in [7, 11) is 1.58. The van der Waals surface area contributed by atoms with E-state index in [1.165, 1.54) is 12.4 Å². The first-order chi connectivity index (χ1) is 17.5. The van der Waals surface area contributed by atoms with Crippen LogP contribution < -0.4 is 15.4 Å². The predicted molar refractivity (Wildman–Crippen MR) is 131 cm³/mol. The van der Waals surface area contributed by atoms with Gasteiger partial charge in [0, 0.05) is 37.8 Å². The standard InChI is InChI=1S/C26H27N5O5/c1-35-21-4-2-3-19(13-21)16-28-25(33)23-14-22(29-17-30-23)24(32)27-15-18-5-7-20(8-6-18)26(34)31-9-11-36-12-10-31/h2-8,13-14,17H,9-12,15-16H2,1H3,(H,27,32)(H,28,33). The van der Waals surface area contributed by atoms with Crippen molar-refractivity contribution in [3.63, 3.8) is 0 Å². The molecule has 10 nitrogen and oxygen atoms in total. The first kappa shape index (κ1) is 24.8. The number of morpholine rings is 1. The van der Waals surface area contributed by atoms with Crippen LogP contribution in [0.2, 0.25) is 0 Å². The molecule has 4 rings (SSSR count). The van der Waals surface area contributed by atoms with E-state index in [4.69, 9.17) is 9.47 Å². The van der Waals surface area contributed by atoms with E-state index in [9.17, 15) is 14.4 Å². The zero-order chi connectivity index (χ0) is 25.3. The van der Waals surface area contributed by atoms with Gasteiger partial charge in [0.15, 0.2) is 0 Å². The Bertz CT molecular complexity index is 1230. The number of hydrogen-bond acceptors (Lipinski definition) is 7. The van der Waals surface area contributed by atoms with Gasteiger partial charge in [-0.25, -0.2) is 9.97 Å². The largest absolute Gasteiger partial charge is 0.497 e. The monoisotopic (exact) mass is 489 g/mol. The maximum atomic E-state index is 12.6. The van der Waals surface area contributed by atoms with Crippen molar-refractivity contribution in [3.05, 3.63) is 89.0 Å². The zero-order valence-electron chi connectivity index (χ0n) is 19.9. The van der Waals surface area contributed by atoms with Gasteiger partial charge in [-0.2, -0.15) is 0 Å². The van der Waals surface area contributed by atoms with Crippen LogP contribution >= 0.6 is 0 Å². The third-order valence-electron chi connectivity index (χ3n) is 5.67. The summed E-state index contributed by atoms with van der Waals surface area (Å²) in [5.41, 5.74) is 2.45. The van der Waals surface area contributed by atoms with E-state index in [2.05, 4.69) is 20.6 Å². The van der Waals surface area contributed by atoms with E-state index in [-0.39, 0.29) is 30.4 Å². The smallest absolute Gasteiger partial charge is 0.270 e. The molecule has 36 heavy (non-hydrogen) atoms. The van der Waals surface area contributed by atoms with Crippen molar-refractivity contribution < 1.29 is 23.9 Å². The summed E-state index contributed by atoms with van der Waals surface area (Å²) in [6.07, 6.45) is 1.18. The molecule has 0 aliphatic carbocycles. The van der Waals surface area contributed by atoms with Gasteiger partial charge in [0.2, 0.25) is 0 Å². The molecule has 0 unspecified atom stereocenters. The highest BCUT2D eigenvalue weighted by Gasteiger charge is 2.18. The Morgan fingerprint density at radius 2 is 1.53 bits per heavy atom. The van der Waals surface area contributed by atoms with Crippen LogP contribution in [0.1, 0.15) is 42.5 Å². The second-order valence-electron chi connectivity index (χ2n) is 8.11. The van der Waals surface area contributed by atoms with Gasteiger partial charge >= 0.3 is 0 Å².